The molecule has 0 radical (unpaired) electrons. The average molecular weight is 404 g/mol. The molecular formula is C21H25NO5S. The lowest BCUT2D eigenvalue weighted by molar-refractivity contribution is 0.0318. The third kappa shape index (κ3) is 4.66. The van der Waals surface area contributed by atoms with Crippen molar-refractivity contribution in [2.45, 2.75) is 38.2 Å². The number of ketones is 1. The molecule has 0 saturated heterocycles. The zero-order valence-electron chi connectivity index (χ0n) is 16.7. The van der Waals surface area contributed by atoms with E-state index in [9.17, 15) is 18.0 Å². The fourth-order valence-corrected chi connectivity index (χ4v) is 3.54. The number of hydrogen-bond acceptors (Lipinski definition) is 5. The topological polar surface area (TPSA) is 80.8 Å². The van der Waals surface area contributed by atoms with E-state index in [1.807, 2.05) is 19.1 Å². The Morgan fingerprint density at radius 3 is 2.21 bits per heavy atom. The van der Waals surface area contributed by atoms with Crippen LogP contribution in [0.15, 0.2) is 47.4 Å². The highest BCUT2D eigenvalue weighted by molar-refractivity contribution is 7.89. The van der Waals surface area contributed by atoms with E-state index in [2.05, 4.69) is 0 Å². The number of hydrogen-bond donors (Lipinski definition) is 0. The highest BCUT2D eigenvalue weighted by Gasteiger charge is 2.24. The summed E-state index contributed by atoms with van der Waals surface area (Å²) in [6.07, 6.45) is -0.127. The second-order valence-electron chi connectivity index (χ2n) is 6.73. The Kier molecular flexibility index (Phi) is 6.74. The molecule has 2 aromatic carbocycles. The molecular weight excluding hydrogens is 378 g/mol. The Morgan fingerprint density at radius 2 is 1.68 bits per heavy atom. The highest BCUT2D eigenvalue weighted by Crippen LogP contribution is 2.20. The van der Waals surface area contributed by atoms with Crippen LogP contribution >= 0.6 is 0 Å². The Bertz CT molecular complexity index is 978. The van der Waals surface area contributed by atoms with Crippen LogP contribution in [0.1, 0.15) is 45.7 Å². The van der Waals surface area contributed by atoms with Gasteiger partial charge >= 0.3 is 5.97 Å². The maximum absolute atomic E-state index is 12.6. The Labute approximate surface area is 166 Å². The minimum Gasteiger partial charge on any atom is -0.451 e. The van der Waals surface area contributed by atoms with Crippen LogP contribution in [0.4, 0.5) is 0 Å². The van der Waals surface area contributed by atoms with Gasteiger partial charge in [0.1, 0.15) is 0 Å². The fraction of sp³-hybridized carbons (Fsp3) is 0.333. The van der Waals surface area contributed by atoms with Crippen LogP contribution in [0.25, 0.3) is 0 Å². The fourth-order valence-electron chi connectivity index (χ4n) is 2.61. The van der Waals surface area contributed by atoms with E-state index in [4.69, 9.17) is 4.74 Å². The second-order valence-corrected chi connectivity index (χ2v) is 8.88. The lowest BCUT2D eigenvalue weighted by Crippen LogP contribution is -2.25. The van der Waals surface area contributed by atoms with Gasteiger partial charge in [0.25, 0.3) is 0 Å². The van der Waals surface area contributed by atoms with Gasteiger partial charge in [0.15, 0.2) is 6.10 Å². The molecule has 2 aromatic rings. The van der Waals surface area contributed by atoms with Gasteiger partial charge in [-0.3, -0.25) is 4.79 Å². The first-order valence-electron chi connectivity index (χ1n) is 8.95. The standard InChI is InChI=1S/C21H25NO5S/c1-6-16-8-10-17(11-9-16)20(23)15(3)27-21(24)19-13-18(12-7-14(19)2)28(25,26)22(4)5/h7-13,15H,6H2,1-5H3/t15-/m0/s1. The molecule has 2 rings (SSSR count). The van der Waals surface area contributed by atoms with Crippen molar-refractivity contribution in [1.82, 2.24) is 4.31 Å². The van der Waals surface area contributed by atoms with Gasteiger partial charge in [-0.25, -0.2) is 17.5 Å². The molecule has 0 aromatic heterocycles. The van der Waals surface area contributed by atoms with Gasteiger partial charge in [-0.1, -0.05) is 37.3 Å². The van der Waals surface area contributed by atoms with E-state index in [1.165, 1.54) is 33.2 Å². The zero-order valence-corrected chi connectivity index (χ0v) is 17.5. The summed E-state index contributed by atoms with van der Waals surface area (Å²) in [7, 11) is -0.857. The lowest BCUT2D eigenvalue weighted by atomic mass is 10.0. The zero-order chi connectivity index (χ0) is 21.1. The lowest BCUT2D eigenvalue weighted by Gasteiger charge is -2.16. The summed E-state index contributed by atoms with van der Waals surface area (Å²) in [6.45, 7) is 5.20. The molecule has 0 aliphatic heterocycles. The summed E-state index contributed by atoms with van der Waals surface area (Å²) < 4.78 is 31.0. The molecule has 0 saturated carbocycles. The van der Waals surface area contributed by atoms with Crippen LogP contribution in [-0.4, -0.2) is 44.7 Å². The SMILES string of the molecule is CCc1ccc(C(=O)[C@H](C)OC(=O)c2cc(S(=O)(=O)N(C)C)ccc2C)cc1. The minimum absolute atomic E-state index is 0.0100. The van der Waals surface area contributed by atoms with Crippen LogP contribution in [0, 0.1) is 6.92 Å². The molecule has 28 heavy (non-hydrogen) atoms. The Hall–Kier alpha value is -2.51. The van der Waals surface area contributed by atoms with Crippen molar-refractivity contribution in [3.63, 3.8) is 0 Å². The highest BCUT2D eigenvalue weighted by atomic mass is 32.2. The second kappa shape index (κ2) is 8.67. The summed E-state index contributed by atoms with van der Waals surface area (Å²) in [4.78, 5) is 25.1. The Balaban J connectivity index is 2.22. The predicted octanol–water partition coefficient (Wildman–Crippen LogP) is 3.24. The number of carbonyl (C=O) groups is 2. The van der Waals surface area contributed by atoms with Crippen molar-refractivity contribution in [2.75, 3.05) is 14.1 Å². The molecule has 0 unspecified atom stereocenters. The van der Waals surface area contributed by atoms with E-state index in [0.717, 1.165) is 16.3 Å². The smallest absolute Gasteiger partial charge is 0.339 e. The van der Waals surface area contributed by atoms with E-state index in [1.54, 1.807) is 25.1 Å². The van der Waals surface area contributed by atoms with Crippen molar-refractivity contribution < 1.29 is 22.7 Å². The van der Waals surface area contributed by atoms with Gasteiger partial charge in [-0.05, 0) is 43.5 Å². The molecule has 6 nitrogen and oxygen atoms in total. The average Bonchev–Trinajstić information content (AvgIpc) is 2.67. The van der Waals surface area contributed by atoms with Crippen LogP contribution in [0.3, 0.4) is 0 Å². The molecule has 0 N–H and O–H groups in total. The molecule has 1 atom stereocenters. The molecule has 0 aliphatic rings. The molecule has 0 heterocycles. The number of nitrogens with zero attached hydrogens (tertiary/aromatic N) is 1. The van der Waals surface area contributed by atoms with Gasteiger partial charge in [0.05, 0.1) is 10.5 Å². The van der Waals surface area contributed by atoms with Gasteiger partial charge in [-0.15, -0.1) is 0 Å². The number of Topliss-reactive ketones (excluding diaryl/α,β-unsaturated/α-hetero) is 1. The number of sulfonamides is 1. The minimum atomic E-state index is -3.69. The van der Waals surface area contributed by atoms with Crippen LogP contribution < -0.4 is 0 Å². The van der Waals surface area contributed by atoms with Crippen molar-refractivity contribution in [3.8, 4) is 0 Å². The normalized spacial score (nSPS) is 12.6. The quantitative estimate of drug-likeness (QED) is 0.524. The molecule has 0 amide bonds. The van der Waals surface area contributed by atoms with E-state index in [0.29, 0.717) is 11.1 Å². The predicted molar refractivity (Wildman–Crippen MR) is 107 cm³/mol. The van der Waals surface area contributed by atoms with Crippen molar-refractivity contribution in [1.29, 1.82) is 0 Å². The molecule has 0 spiro atoms. The maximum atomic E-state index is 12.6. The maximum Gasteiger partial charge on any atom is 0.339 e. The van der Waals surface area contributed by atoms with E-state index >= 15 is 0 Å². The first-order chi connectivity index (χ1) is 13.1. The Morgan fingerprint density at radius 1 is 1.07 bits per heavy atom. The third-order valence-corrected chi connectivity index (χ3v) is 6.32. The van der Waals surface area contributed by atoms with Crippen LogP contribution in [0.5, 0.6) is 0 Å². The van der Waals surface area contributed by atoms with Crippen molar-refractivity contribution in [2.24, 2.45) is 0 Å². The van der Waals surface area contributed by atoms with E-state index < -0.39 is 22.1 Å². The molecule has 0 bridgehead atoms. The van der Waals surface area contributed by atoms with Gasteiger partial charge < -0.3 is 4.74 Å². The molecule has 0 aliphatic carbocycles. The van der Waals surface area contributed by atoms with Crippen molar-refractivity contribution >= 4 is 21.8 Å². The summed E-state index contributed by atoms with van der Waals surface area (Å²) in [5.74, 6) is -1.05. The number of rotatable bonds is 7. The first-order valence-corrected chi connectivity index (χ1v) is 10.4. The van der Waals surface area contributed by atoms with Gasteiger partial charge in [-0.2, -0.15) is 0 Å². The number of esters is 1. The third-order valence-electron chi connectivity index (χ3n) is 4.51. The monoisotopic (exact) mass is 403 g/mol. The molecule has 150 valence electrons. The largest absolute Gasteiger partial charge is 0.451 e. The van der Waals surface area contributed by atoms with E-state index in [-0.39, 0.29) is 16.2 Å². The number of benzene rings is 2. The molecule has 0 fully saturated rings. The van der Waals surface area contributed by atoms with Crippen LogP contribution in [-0.2, 0) is 21.2 Å². The summed E-state index contributed by atoms with van der Waals surface area (Å²) >= 11 is 0. The number of aryl methyl sites for hydroxylation is 2. The summed E-state index contributed by atoms with van der Waals surface area (Å²) in [6, 6.07) is 11.4. The summed E-state index contributed by atoms with van der Waals surface area (Å²) in [5.41, 5.74) is 2.24. The molecule has 7 heteroatoms. The number of ether oxygens (including phenoxy) is 1. The van der Waals surface area contributed by atoms with Crippen LogP contribution in [0.2, 0.25) is 0 Å². The van der Waals surface area contributed by atoms with Gasteiger partial charge in [0.2, 0.25) is 15.8 Å². The summed E-state index contributed by atoms with van der Waals surface area (Å²) in [5, 5.41) is 0. The first kappa shape index (κ1) is 21.8. The van der Waals surface area contributed by atoms with Crippen molar-refractivity contribution in [3.05, 3.63) is 64.7 Å². The number of carbonyl (C=O) groups excluding carboxylic acids is 2. The van der Waals surface area contributed by atoms with Gasteiger partial charge in [0, 0.05) is 19.7 Å².